The number of morpholine rings is 1. The first kappa shape index (κ1) is 14.7. The van der Waals surface area contributed by atoms with Crippen LogP contribution in [-0.2, 0) is 4.74 Å². The van der Waals surface area contributed by atoms with Crippen LogP contribution in [0.2, 0.25) is 0 Å². The highest BCUT2D eigenvalue weighted by Crippen LogP contribution is 2.28. The van der Waals surface area contributed by atoms with E-state index in [0.717, 1.165) is 5.56 Å². The number of nitriles is 1. The number of ether oxygens (including phenoxy) is 1. The quantitative estimate of drug-likeness (QED) is 0.870. The molecule has 0 aromatic heterocycles. The average molecular weight is 296 g/mol. The number of hydrogen-bond acceptors (Lipinski definition) is 3. The largest absolute Gasteiger partial charge is 0.371 e. The lowest BCUT2D eigenvalue weighted by Gasteiger charge is -2.35. The topological polar surface area (TPSA) is 36.3 Å². The Labute approximate surface area is 129 Å². The molecular weight excluding hydrogens is 279 g/mol. The monoisotopic (exact) mass is 296 g/mol. The van der Waals surface area contributed by atoms with E-state index in [1.165, 1.54) is 12.1 Å². The van der Waals surface area contributed by atoms with E-state index >= 15 is 0 Å². The molecule has 0 saturated carbocycles. The number of halogens is 1. The van der Waals surface area contributed by atoms with E-state index in [1.54, 1.807) is 12.1 Å². The Morgan fingerprint density at radius 2 is 2.00 bits per heavy atom. The molecule has 2 aromatic carbocycles. The third-order valence-corrected chi connectivity index (χ3v) is 3.92. The van der Waals surface area contributed by atoms with Crippen LogP contribution in [0.1, 0.15) is 23.3 Å². The number of hydrogen-bond donors (Lipinski definition) is 0. The lowest BCUT2D eigenvalue weighted by atomic mass is 10.0. The highest BCUT2D eigenvalue weighted by Gasteiger charge is 2.28. The van der Waals surface area contributed by atoms with E-state index < -0.39 is 6.04 Å². The van der Waals surface area contributed by atoms with Crippen molar-refractivity contribution in [2.24, 2.45) is 0 Å². The van der Waals surface area contributed by atoms with Crippen LogP contribution < -0.4 is 0 Å². The summed E-state index contributed by atoms with van der Waals surface area (Å²) < 4.78 is 19.2. The van der Waals surface area contributed by atoms with Gasteiger partial charge in [0.05, 0.1) is 18.8 Å². The smallest absolute Gasteiger partial charge is 0.124 e. The van der Waals surface area contributed by atoms with Crippen molar-refractivity contribution in [1.82, 2.24) is 4.90 Å². The Morgan fingerprint density at radius 1 is 1.18 bits per heavy atom. The van der Waals surface area contributed by atoms with Crippen LogP contribution >= 0.6 is 0 Å². The zero-order valence-corrected chi connectivity index (χ0v) is 12.2. The summed E-state index contributed by atoms with van der Waals surface area (Å²) in [5.74, 6) is -0.314. The second-order valence-corrected chi connectivity index (χ2v) is 5.35. The van der Waals surface area contributed by atoms with Crippen molar-refractivity contribution in [2.75, 3.05) is 19.7 Å². The highest BCUT2D eigenvalue weighted by molar-refractivity contribution is 5.26. The van der Waals surface area contributed by atoms with E-state index in [9.17, 15) is 9.65 Å². The van der Waals surface area contributed by atoms with Gasteiger partial charge in [0.25, 0.3) is 0 Å². The van der Waals surface area contributed by atoms with Gasteiger partial charge in [0.1, 0.15) is 11.9 Å². The van der Waals surface area contributed by atoms with Crippen molar-refractivity contribution >= 4 is 0 Å². The van der Waals surface area contributed by atoms with Crippen molar-refractivity contribution in [3.63, 3.8) is 0 Å². The summed E-state index contributed by atoms with van der Waals surface area (Å²) in [5, 5.41) is 9.52. The van der Waals surface area contributed by atoms with Gasteiger partial charge in [-0.3, -0.25) is 4.90 Å². The number of benzene rings is 2. The second kappa shape index (κ2) is 6.69. The Balaban J connectivity index is 1.80. The summed E-state index contributed by atoms with van der Waals surface area (Å²) in [4.78, 5) is 2.05. The van der Waals surface area contributed by atoms with E-state index in [0.29, 0.717) is 25.3 Å². The average Bonchev–Trinajstić information content (AvgIpc) is 2.57. The van der Waals surface area contributed by atoms with Crippen molar-refractivity contribution < 1.29 is 9.13 Å². The minimum Gasteiger partial charge on any atom is -0.371 e. The van der Waals surface area contributed by atoms with Gasteiger partial charge in [-0.25, -0.2) is 4.39 Å². The maximum atomic E-state index is 13.4. The SMILES string of the molecule is N#CC(c1cccc(F)c1)N1CCOC(c2ccccc2)C1. The van der Waals surface area contributed by atoms with Gasteiger partial charge < -0.3 is 4.74 Å². The fourth-order valence-corrected chi connectivity index (χ4v) is 2.82. The van der Waals surface area contributed by atoms with Crippen LogP contribution in [0.3, 0.4) is 0 Å². The molecule has 4 heteroatoms. The molecule has 22 heavy (non-hydrogen) atoms. The van der Waals surface area contributed by atoms with Crippen LogP contribution in [0.5, 0.6) is 0 Å². The molecule has 1 aliphatic heterocycles. The van der Waals surface area contributed by atoms with Gasteiger partial charge in [-0.2, -0.15) is 5.26 Å². The molecule has 112 valence electrons. The van der Waals surface area contributed by atoms with Crippen LogP contribution in [-0.4, -0.2) is 24.6 Å². The third kappa shape index (κ3) is 3.16. The molecule has 0 spiro atoms. The molecule has 0 aliphatic carbocycles. The molecule has 2 unspecified atom stereocenters. The molecule has 0 radical (unpaired) electrons. The molecule has 1 fully saturated rings. The first-order chi connectivity index (χ1) is 10.8. The summed E-state index contributed by atoms with van der Waals surface area (Å²) in [6.45, 7) is 1.85. The predicted molar refractivity (Wildman–Crippen MR) is 81.5 cm³/mol. The van der Waals surface area contributed by atoms with Gasteiger partial charge >= 0.3 is 0 Å². The zero-order valence-electron chi connectivity index (χ0n) is 12.2. The molecule has 3 rings (SSSR count). The summed E-state index contributed by atoms with van der Waals surface area (Å²) in [5.41, 5.74) is 1.79. The molecule has 0 amide bonds. The minimum atomic E-state index is -0.453. The number of nitrogens with zero attached hydrogens (tertiary/aromatic N) is 2. The molecule has 0 bridgehead atoms. The Bertz CT molecular complexity index is 668. The Hall–Kier alpha value is -2.22. The standard InChI is InChI=1S/C18H17FN2O/c19-16-8-4-7-15(11-16)17(12-20)21-9-10-22-18(13-21)14-5-2-1-3-6-14/h1-8,11,17-18H,9-10,13H2. The molecular formula is C18H17FN2O. The lowest BCUT2D eigenvalue weighted by molar-refractivity contribution is -0.0383. The van der Waals surface area contributed by atoms with Gasteiger partial charge in [-0.1, -0.05) is 42.5 Å². The molecule has 1 heterocycles. The molecule has 3 nitrogen and oxygen atoms in total. The van der Waals surface area contributed by atoms with E-state index in [4.69, 9.17) is 4.74 Å². The fourth-order valence-electron chi connectivity index (χ4n) is 2.82. The third-order valence-electron chi connectivity index (χ3n) is 3.92. The van der Waals surface area contributed by atoms with Crippen molar-refractivity contribution in [3.8, 4) is 6.07 Å². The van der Waals surface area contributed by atoms with Crippen LogP contribution in [0, 0.1) is 17.1 Å². The normalized spacial score (nSPS) is 20.3. The molecule has 0 N–H and O–H groups in total. The van der Waals surface area contributed by atoms with Crippen LogP contribution in [0.15, 0.2) is 54.6 Å². The molecule has 2 atom stereocenters. The predicted octanol–water partition coefficient (Wildman–Crippen LogP) is 3.46. The van der Waals surface area contributed by atoms with Crippen LogP contribution in [0.4, 0.5) is 4.39 Å². The lowest BCUT2D eigenvalue weighted by Crippen LogP contribution is -2.40. The number of rotatable bonds is 3. The summed E-state index contributed by atoms with van der Waals surface area (Å²) in [7, 11) is 0. The summed E-state index contributed by atoms with van der Waals surface area (Å²) in [6, 6.07) is 18.1. The van der Waals surface area contributed by atoms with Gasteiger partial charge in [0.15, 0.2) is 0 Å². The fraction of sp³-hybridized carbons (Fsp3) is 0.278. The first-order valence-corrected chi connectivity index (χ1v) is 7.33. The van der Waals surface area contributed by atoms with Gasteiger partial charge in [0, 0.05) is 13.1 Å². The van der Waals surface area contributed by atoms with Crippen molar-refractivity contribution in [1.29, 1.82) is 5.26 Å². The molecule has 2 aromatic rings. The molecule has 1 aliphatic rings. The summed E-state index contributed by atoms with van der Waals surface area (Å²) in [6.07, 6.45) is -0.0561. The van der Waals surface area contributed by atoms with Crippen LogP contribution in [0.25, 0.3) is 0 Å². The van der Waals surface area contributed by atoms with E-state index in [2.05, 4.69) is 11.0 Å². The van der Waals surface area contributed by atoms with Gasteiger partial charge in [0.2, 0.25) is 0 Å². The zero-order chi connectivity index (χ0) is 15.4. The second-order valence-electron chi connectivity index (χ2n) is 5.35. The van der Waals surface area contributed by atoms with Gasteiger partial charge in [-0.15, -0.1) is 0 Å². The maximum absolute atomic E-state index is 13.4. The van der Waals surface area contributed by atoms with Gasteiger partial charge in [-0.05, 0) is 23.3 Å². The van der Waals surface area contributed by atoms with Crippen molar-refractivity contribution in [2.45, 2.75) is 12.1 Å². The minimum absolute atomic E-state index is 0.0561. The Morgan fingerprint density at radius 3 is 2.73 bits per heavy atom. The molecule has 1 saturated heterocycles. The highest BCUT2D eigenvalue weighted by atomic mass is 19.1. The summed E-state index contributed by atoms with van der Waals surface area (Å²) >= 11 is 0. The Kier molecular flexibility index (Phi) is 4.47. The van der Waals surface area contributed by atoms with E-state index in [-0.39, 0.29) is 11.9 Å². The van der Waals surface area contributed by atoms with Crippen molar-refractivity contribution in [3.05, 3.63) is 71.5 Å². The first-order valence-electron chi connectivity index (χ1n) is 7.33. The van der Waals surface area contributed by atoms with E-state index in [1.807, 2.05) is 30.3 Å². The maximum Gasteiger partial charge on any atom is 0.124 e.